The second kappa shape index (κ2) is 5.13. The van der Waals surface area contributed by atoms with Crippen molar-refractivity contribution in [2.45, 2.75) is 20.8 Å². The molecule has 0 unspecified atom stereocenters. The van der Waals surface area contributed by atoms with Crippen molar-refractivity contribution in [2.75, 3.05) is 6.61 Å². The van der Waals surface area contributed by atoms with Gasteiger partial charge in [-0.15, -0.1) is 0 Å². The van der Waals surface area contributed by atoms with Crippen molar-refractivity contribution in [1.29, 1.82) is 0 Å². The van der Waals surface area contributed by atoms with Gasteiger partial charge in [0.2, 0.25) is 0 Å². The minimum absolute atomic E-state index is 0.341. The molecule has 3 aromatic rings. The number of rotatable bonds is 3. The van der Waals surface area contributed by atoms with Crippen molar-refractivity contribution in [3.8, 4) is 11.1 Å². The van der Waals surface area contributed by atoms with Crippen LogP contribution in [0.2, 0.25) is 0 Å². The van der Waals surface area contributed by atoms with Crippen LogP contribution in [0, 0.1) is 13.8 Å². The van der Waals surface area contributed by atoms with E-state index in [2.05, 4.69) is 4.98 Å². The molecule has 2 heterocycles. The van der Waals surface area contributed by atoms with E-state index in [1.54, 1.807) is 13.8 Å². The van der Waals surface area contributed by atoms with Crippen molar-refractivity contribution in [3.05, 3.63) is 47.5 Å². The molecule has 0 amide bonds. The maximum atomic E-state index is 12.2. The molecular formula is C17H17NO3. The van der Waals surface area contributed by atoms with Crippen molar-refractivity contribution < 1.29 is 13.9 Å². The normalized spacial score (nSPS) is 11.0. The maximum Gasteiger partial charge on any atom is 0.342 e. The molecule has 0 bridgehead atoms. The lowest BCUT2D eigenvalue weighted by Crippen LogP contribution is -2.06. The fourth-order valence-electron chi connectivity index (χ4n) is 2.74. The number of nitrogens with one attached hydrogen (secondary N) is 1. The number of fused-ring (bicyclic) bond motifs is 1. The molecule has 21 heavy (non-hydrogen) atoms. The molecule has 0 saturated heterocycles. The molecule has 3 rings (SSSR count). The lowest BCUT2D eigenvalue weighted by atomic mass is 10.00. The molecule has 0 aliphatic heterocycles. The summed E-state index contributed by atoms with van der Waals surface area (Å²) in [4.78, 5) is 15.5. The zero-order chi connectivity index (χ0) is 15.0. The number of carbonyl (C=O) groups excluding carboxylic acids is 1. The quantitative estimate of drug-likeness (QED) is 0.732. The summed E-state index contributed by atoms with van der Waals surface area (Å²) in [5.41, 5.74) is 3.31. The molecule has 4 heteroatoms. The third-order valence-electron chi connectivity index (χ3n) is 3.60. The van der Waals surface area contributed by atoms with E-state index in [0.717, 1.165) is 27.8 Å². The standard InChI is InChI=1S/C17H17NO3/c1-4-20-17(19)16-11(3)21-10(2)15(16)13-9-18-14-8-6-5-7-12(13)14/h5-9,18H,4H2,1-3H3. The fraction of sp³-hybridized carbons (Fsp3) is 0.235. The molecule has 1 aromatic carbocycles. The van der Waals surface area contributed by atoms with Gasteiger partial charge >= 0.3 is 5.97 Å². The summed E-state index contributed by atoms with van der Waals surface area (Å²) in [6.45, 7) is 5.80. The van der Waals surface area contributed by atoms with Crippen LogP contribution in [0.5, 0.6) is 0 Å². The van der Waals surface area contributed by atoms with Crippen LogP contribution in [-0.4, -0.2) is 17.6 Å². The van der Waals surface area contributed by atoms with Gasteiger partial charge < -0.3 is 14.1 Å². The van der Waals surface area contributed by atoms with E-state index >= 15 is 0 Å². The first-order valence-electron chi connectivity index (χ1n) is 6.97. The summed E-state index contributed by atoms with van der Waals surface area (Å²) in [5, 5.41) is 1.06. The molecule has 0 radical (unpaired) electrons. The number of esters is 1. The van der Waals surface area contributed by atoms with Crippen molar-refractivity contribution in [3.63, 3.8) is 0 Å². The number of hydrogen-bond acceptors (Lipinski definition) is 3. The number of hydrogen-bond donors (Lipinski definition) is 1. The second-order valence-electron chi connectivity index (χ2n) is 4.93. The Labute approximate surface area is 122 Å². The number of ether oxygens (including phenoxy) is 1. The van der Waals surface area contributed by atoms with E-state index in [1.165, 1.54) is 0 Å². The number of aryl methyl sites for hydroxylation is 2. The van der Waals surface area contributed by atoms with E-state index in [-0.39, 0.29) is 5.97 Å². The summed E-state index contributed by atoms with van der Waals surface area (Å²) >= 11 is 0. The first kappa shape index (κ1) is 13.5. The van der Waals surface area contributed by atoms with Gasteiger partial charge in [-0.1, -0.05) is 18.2 Å². The highest BCUT2D eigenvalue weighted by molar-refractivity contribution is 6.05. The van der Waals surface area contributed by atoms with Crippen LogP contribution in [0.3, 0.4) is 0 Å². The van der Waals surface area contributed by atoms with E-state index in [4.69, 9.17) is 9.15 Å². The largest absolute Gasteiger partial charge is 0.465 e. The average molecular weight is 283 g/mol. The fourth-order valence-corrected chi connectivity index (χ4v) is 2.74. The Kier molecular flexibility index (Phi) is 3.29. The molecule has 0 aliphatic carbocycles. The molecule has 108 valence electrons. The molecule has 0 atom stereocenters. The van der Waals surface area contributed by atoms with Gasteiger partial charge in [0.05, 0.1) is 6.61 Å². The second-order valence-corrected chi connectivity index (χ2v) is 4.93. The van der Waals surface area contributed by atoms with Crippen LogP contribution in [0.4, 0.5) is 0 Å². The first-order chi connectivity index (χ1) is 10.1. The minimum Gasteiger partial charge on any atom is -0.465 e. The van der Waals surface area contributed by atoms with Crippen LogP contribution in [0.1, 0.15) is 28.8 Å². The Morgan fingerprint density at radius 2 is 2.00 bits per heavy atom. The number of benzene rings is 1. The zero-order valence-electron chi connectivity index (χ0n) is 12.3. The van der Waals surface area contributed by atoms with Gasteiger partial charge in [-0.2, -0.15) is 0 Å². The predicted octanol–water partition coefficient (Wildman–Crippen LogP) is 4.22. The third kappa shape index (κ3) is 2.13. The first-order valence-corrected chi connectivity index (χ1v) is 6.97. The topological polar surface area (TPSA) is 55.2 Å². The van der Waals surface area contributed by atoms with Crippen molar-refractivity contribution in [2.24, 2.45) is 0 Å². The van der Waals surface area contributed by atoms with Crippen LogP contribution < -0.4 is 0 Å². The SMILES string of the molecule is CCOC(=O)c1c(C)oc(C)c1-c1c[nH]c2ccccc12. The highest BCUT2D eigenvalue weighted by atomic mass is 16.5. The van der Waals surface area contributed by atoms with Gasteiger partial charge in [0.15, 0.2) is 0 Å². The monoisotopic (exact) mass is 283 g/mol. The van der Waals surface area contributed by atoms with E-state index in [0.29, 0.717) is 17.9 Å². The van der Waals surface area contributed by atoms with Gasteiger partial charge in [-0.05, 0) is 26.8 Å². The van der Waals surface area contributed by atoms with E-state index < -0.39 is 0 Å². The number of aromatic nitrogens is 1. The van der Waals surface area contributed by atoms with Gasteiger partial charge in [-0.25, -0.2) is 4.79 Å². The Hall–Kier alpha value is -2.49. The number of para-hydroxylation sites is 1. The summed E-state index contributed by atoms with van der Waals surface area (Å²) in [6.07, 6.45) is 1.91. The number of H-pyrrole nitrogens is 1. The van der Waals surface area contributed by atoms with E-state index in [9.17, 15) is 4.79 Å². The van der Waals surface area contributed by atoms with E-state index in [1.807, 2.05) is 37.4 Å². The van der Waals surface area contributed by atoms with Gasteiger partial charge in [-0.3, -0.25) is 0 Å². The maximum absolute atomic E-state index is 12.2. The van der Waals surface area contributed by atoms with Crippen molar-refractivity contribution in [1.82, 2.24) is 4.98 Å². The highest BCUT2D eigenvalue weighted by Crippen LogP contribution is 2.36. The average Bonchev–Trinajstić information content (AvgIpc) is 2.99. The number of aromatic amines is 1. The Morgan fingerprint density at radius 3 is 2.76 bits per heavy atom. The summed E-state index contributed by atoms with van der Waals surface area (Å²) < 4.78 is 10.8. The molecule has 0 aliphatic rings. The molecule has 0 fully saturated rings. The Bertz CT molecular complexity index is 811. The van der Waals surface area contributed by atoms with Gasteiger partial charge in [0.1, 0.15) is 17.1 Å². The van der Waals surface area contributed by atoms with Gasteiger partial charge in [0, 0.05) is 28.2 Å². The van der Waals surface area contributed by atoms with Crippen molar-refractivity contribution >= 4 is 16.9 Å². The molecule has 4 nitrogen and oxygen atoms in total. The molecule has 0 saturated carbocycles. The molecular weight excluding hydrogens is 266 g/mol. The summed E-state index contributed by atoms with van der Waals surface area (Å²) in [7, 11) is 0. The number of carbonyl (C=O) groups is 1. The highest BCUT2D eigenvalue weighted by Gasteiger charge is 2.25. The Morgan fingerprint density at radius 1 is 1.24 bits per heavy atom. The third-order valence-corrected chi connectivity index (χ3v) is 3.60. The Balaban J connectivity index is 2.25. The van der Waals surface area contributed by atoms with Crippen LogP contribution in [0.25, 0.3) is 22.0 Å². The lowest BCUT2D eigenvalue weighted by Gasteiger charge is -2.04. The molecule has 0 spiro atoms. The van der Waals surface area contributed by atoms with Crippen LogP contribution >= 0.6 is 0 Å². The van der Waals surface area contributed by atoms with Gasteiger partial charge in [0.25, 0.3) is 0 Å². The smallest absolute Gasteiger partial charge is 0.342 e. The summed E-state index contributed by atoms with van der Waals surface area (Å²) in [5.74, 6) is 0.971. The minimum atomic E-state index is -0.341. The lowest BCUT2D eigenvalue weighted by molar-refractivity contribution is 0.0525. The predicted molar refractivity (Wildman–Crippen MR) is 81.4 cm³/mol. The van der Waals surface area contributed by atoms with Crippen LogP contribution in [0.15, 0.2) is 34.9 Å². The zero-order valence-corrected chi connectivity index (χ0v) is 12.3. The molecule has 1 N–H and O–H groups in total. The summed E-state index contributed by atoms with van der Waals surface area (Å²) in [6, 6.07) is 7.98. The van der Waals surface area contributed by atoms with Crippen LogP contribution in [-0.2, 0) is 4.74 Å². The molecule has 2 aromatic heterocycles. The number of furan rings is 1.